The average molecular weight is 348 g/mol. The van der Waals surface area contributed by atoms with Gasteiger partial charge in [0, 0.05) is 17.7 Å². The lowest BCUT2D eigenvalue weighted by Gasteiger charge is -2.13. The predicted octanol–water partition coefficient (Wildman–Crippen LogP) is 5.07. The van der Waals surface area contributed by atoms with E-state index in [0.717, 1.165) is 11.1 Å². The minimum absolute atomic E-state index is 0.172. The highest BCUT2D eigenvalue weighted by molar-refractivity contribution is 5.94. The Balaban J connectivity index is 2.41. The molecule has 1 aromatic heterocycles. The van der Waals surface area contributed by atoms with Crippen molar-refractivity contribution >= 4 is 17.0 Å². The molecule has 0 bridgehead atoms. The lowest BCUT2D eigenvalue weighted by Crippen LogP contribution is -2.05. The summed E-state index contributed by atoms with van der Waals surface area (Å²) in [5, 5.41) is 0.384. The van der Waals surface area contributed by atoms with Crippen LogP contribution in [0.4, 0.5) is 0 Å². The molecule has 0 aliphatic carbocycles. The molecule has 1 heterocycles. The molecule has 0 amide bonds. The first-order valence-electron chi connectivity index (χ1n) is 8.17. The molecule has 0 aliphatic rings. The summed E-state index contributed by atoms with van der Waals surface area (Å²) in [5.74, 6) is 1.46. The Morgan fingerprint density at radius 3 is 2.38 bits per heavy atom. The molecule has 0 fully saturated rings. The molecule has 4 heteroatoms. The van der Waals surface area contributed by atoms with Crippen LogP contribution in [-0.4, -0.2) is 14.2 Å². The highest BCUT2D eigenvalue weighted by Gasteiger charge is 2.18. The van der Waals surface area contributed by atoms with Crippen LogP contribution in [0.1, 0.15) is 12.5 Å². The summed E-state index contributed by atoms with van der Waals surface area (Å²) in [6.07, 6.45) is 3.68. The maximum atomic E-state index is 12.8. The molecule has 3 aromatic rings. The third-order valence-corrected chi connectivity index (χ3v) is 4.00. The molecule has 0 atom stereocenters. The van der Waals surface area contributed by atoms with E-state index in [1.54, 1.807) is 13.2 Å². The summed E-state index contributed by atoms with van der Waals surface area (Å²) in [6, 6.07) is 12.7. The Bertz CT molecular complexity index is 1040. The number of rotatable bonds is 5. The summed E-state index contributed by atoms with van der Waals surface area (Å²) in [7, 11) is 3.08. The van der Waals surface area contributed by atoms with Gasteiger partial charge in [-0.1, -0.05) is 48.6 Å². The zero-order valence-corrected chi connectivity index (χ0v) is 15.0. The van der Waals surface area contributed by atoms with Crippen LogP contribution < -0.4 is 14.9 Å². The van der Waals surface area contributed by atoms with E-state index >= 15 is 0 Å². The van der Waals surface area contributed by atoms with Gasteiger partial charge in [-0.3, -0.25) is 4.79 Å². The summed E-state index contributed by atoms with van der Waals surface area (Å²) >= 11 is 0. The first-order valence-corrected chi connectivity index (χ1v) is 8.17. The second-order valence-electron chi connectivity index (χ2n) is 5.92. The number of hydrogen-bond donors (Lipinski definition) is 0. The smallest absolute Gasteiger partial charge is 0.197 e. The lowest BCUT2D eigenvalue weighted by molar-refractivity contribution is 0.395. The van der Waals surface area contributed by atoms with Gasteiger partial charge in [-0.15, -0.1) is 0 Å². The first-order chi connectivity index (χ1) is 12.5. The number of benzene rings is 2. The van der Waals surface area contributed by atoms with E-state index in [1.165, 1.54) is 13.2 Å². The maximum Gasteiger partial charge on any atom is 0.197 e. The van der Waals surface area contributed by atoms with Crippen LogP contribution in [0, 0.1) is 0 Å². The molecule has 0 unspecified atom stereocenters. The molecular formula is C22H20O4. The highest BCUT2D eigenvalue weighted by Crippen LogP contribution is 2.37. The Morgan fingerprint density at radius 2 is 1.77 bits per heavy atom. The SMILES string of the molecule is C=C(C)C=Cc1c(OC)cc(OC)c2c(=O)cc(-c3ccccc3)oc12. The summed E-state index contributed by atoms with van der Waals surface area (Å²) in [6.45, 7) is 5.77. The molecule has 0 radical (unpaired) electrons. The van der Waals surface area contributed by atoms with Gasteiger partial charge in [0.1, 0.15) is 22.6 Å². The third-order valence-electron chi connectivity index (χ3n) is 4.00. The van der Waals surface area contributed by atoms with Crippen molar-refractivity contribution in [2.75, 3.05) is 14.2 Å². The Kier molecular flexibility index (Phi) is 4.94. The zero-order chi connectivity index (χ0) is 18.7. The van der Waals surface area contributed by atoms with E-state index in [9.17, 15) is 4.79 Å². The van der Waals surface area contributed by atoms with Gasteiger partial charge in [0.25, 0.3) is 0 Å². The number of hydrogen-bond acceptors (Lipinski definition) is 4. The van der Waals surface area contributed by atoms with E-state index in [0.29, 0.717) is 33.8 Å². The monoisotopic (exact) mass is 348 g/mol. The van der Waals surface area contributed by atoms with Gasteiger partial charge >= 0.3 is 0 Å². The predicted molar refractivity (Wildman–Crippen MR) is 105 cm³/mol. The van der Waals surface area contributed by atoms with Crippen LogP contribution in [-0.2, 0) is 0 Å². The second-order valence-corrected chi connectivity index (χ2v) is 5.92. The van der Waals surface area contributed by atoms with E-state index in [-0.39, 0.29) is 5.43 Å². The second kappa shape index (κ2) is 7.31. The molecule has 0 saturated heterocycles. The van der Waals surface area contributed by atoms with Gasteiger partial charge < -0.3 is 13.9 Å². The van der Waals surface area contributed by atoms with Crippen LogP contribution in [0.5, 0.6) is 11.5 Å². The standard InChI is InChI=1S/C22H20O4/c1-14(2)10-11-16-19(24-3)13-20(25-4)21-17(23)12-18(26-22(16)21)15-8-6-5-7-9-15/h5-13H,1H2,2-4H3. The summed E-state index contributed by atoms with van der Waals surface area (Å²) in [5.41, 5.74) is 2.61. The average Bonchev–Trinajstić information content (AvgIpc) is 2.65. The molecule has 26 heavy (non-hydrogen) atoms. The van der Waals surface area contributed by atoms with Gasteiger partial charge in [-0.05, 0) is 13.0 Å². The van der Waals surface area contributed by atoms with Crippen molar-refractivity contribution in [3.05, 3.63) is 76.5 Å². The van der Waals surface area contributed by atoms with Crippen LogP contribution in [0.25, 0.3) is 28.4 Å². The van der Waals surface area contributed by atoms with Crippen LogP contribution >= 0.6 is 0 Å². The van der Waals surface area contributed by atoms with Crippen LogP contribution in [0.2, 0.25) is 0 Å². The maximum absolute atomic E-state index is 12.8. The Hall–Kier alpha value is -3.27. The van der Waals surface area contributed by atoms with Gasteiger partial charge in [0.15, 0.2) is 11.0 Å². The molecule has 4 nitrogen and oxygen atoms in total. The number of methoxy groups -OCH3 is 2. The van der Waals surface area contributed by atoms with E-state index in [4.69, 9.17) is 13.9 Å². The summed E-state index contributed by atoms with van der Waals surface area (Å²) in [4.78, 5) is 12.8. The first kappa shape index (κ1) is 17.5. The number of fused-ring (bicyclic) bond motifs is 1. The van der Waals surface area contributed by atoms with Gasteiger partial charge in [-0.2, -0.15) is 0 Å². The quantitative estimate of drug-likeness (QED) is 0.604. The van der Waals surface area contributed by atoms with E-state index in [2.05, 4.69) is 6.58 Å². The lowest BCUT2D eigenvalue weighted by atomic mass is 10.1. The van der Waals surface area contributed by atoms with Gasteiger partial charge in [0.2, 0.25) is 0 Å². The number of ether oxygens (including phenoxy) is 2. The third kappa shape index (κ3) is 3.26. The minimum atomic E-state index is -0.172. The molecule has 3 rings (SSSR count). The highest BCUT2D eigenvalue weighted by atomic mass is 16.5. The molecular weight excluding hydrogens is 328 g/mol. The van der Waals surface area contributed by atoms with Crippen molar-refractivity contribution < 1.29 is 13.9 Å². The van der Waals surface area contributed by atoms with Crippen molar-refractivity contribution in [3.63, 3.8) is 0 Å². The molecule has 132 valence electrons. The molecule has 2 aromatic carbocycles. The van der Waals surface area contributed by atoms with E-state index in [1.807, 2.05) is 49.4 Å². The van der Waals surface area contributed by atoms with Crippen molar-refractivity contribution in [1.82, 2.24) is 0 Å². The van der Waals surface area contributed by atoms with Gasteiger partial charge in [-0.25, -0.2) is 0 Å². The number of allylic oxidation sites excluding steroid dienone is 2. The van der Waals surface area contributed by atoms with Crippen molar-refractivity contribution in [1.29, 1.82) is 0 Å². The zero-order valence-electron chi connectivity index (χ0n) is 15.0. The Morgan fingerprint density at radius 1 is 1.08 bits per heavy atom. The van der Waals surface area contributed by atoms with Crippen molar-refractivity contribution in [2.45, 2.75) is 6.92 Å². The van der Waals surface area contributed by atoms with Crippen molar-refractivity contribution in [2.24, 2.45) is 0 Å². The Labute approximate surface area is 152 Å². The topological polar surface area (TPSA) is 48.7 Å². The fraction of sp³-hybridized carbons (Fsp3) is 0.136. The molecule has 0 spiro atoms. The van der Waals surface area contributed by atoms with Crippen molar-refractivity contribution in [3.8, 4) is 22.8 Å². The molecule has 0 saturated carbocycles. The van der Waals surface area contributed by atoms with Gasteiger partial charge in [0.05, 0.1) is 19.8 Å². The normalized spacial score (nSPS) is 11.0. The molecule has 0 aliphatic heterocycles. The largest absolute Gasteiger partial charge is 0.496 e. The van der Waals surface area contributed by atoms with E-state index < -0.39 is 0 Å². The minimum Gasteiger partial charge on any atom is -0.496 e. The van der Waals surface area contributed by atoms with Crippen LogP contribution in [0.15, 0.2) is 69.9 Å². The molecule has 0 N–H and O–H groups in total. The summed E-state index contributed by atoms with van der Waals surface area (Å²) < 4.78 is 17.0. The fourth-order valence-electron chi connectivity index (χ4n) is 2.76. The fourth-order valence-corrected chi connectivity index (χ4v) is 2.76. The van der Waals surface area contributed by atoms with Crippen LogP contribution in [0.3, 0.4) is 0 Å².